The Kier molecular flexibility index (Phi) is 5.71. The van der Waals surface area contributed by atoms with Gasteiger partial charge in [-0.05, 0) is 86.2 Å². The van der Waals surface area contributed by atoms with Gasteiger partial charge in [0.2, 0.25) is 0 Å². The van der Waals surface area contributed by atoms with E-state index in [1.807, 2.05) is 0 Å². The van der Waals surface area contributed by atoms with Crippen LogP contribution in [0.1, 0.15) is 94.6 Å². The largest absolute Gasteiger partial charge is 0.496 e. The fourth-order valence-corrected chi connectivity index (χ4v) is 6.47. The van der Waals surface area contributed by atoms with Crippen molar-refractivity contribution in [3.8, 4) is 5.75 Å². The van der Waals surface area contributed by atoms with E-state index in [4.69, 9.17) is 4.74 Å². The average molecular weight is 385 g/mol. The molecule has 0 bridgehead atoms. The van der Waals surface area contributed by atoms with Gasteiger partial charge < -0.3 is 9.84 Å². The summed E-state index contributed by atoms with van der Waals surface area (Å²) in [5.74, 6) is 2.34. The molecule has 0 amide bonds. The molecule has 3 saturated carbocycles. The van der Waals surface area contributed by atoms with Crippen molar-refractivity contribution < 1.29 is 14.6 Å². The topological polar surface area (TPSA) is 46.5 Å². The summed E-state index contributed by atoms with van der Waals surface area (Å²) in [6.45, 7) is 2.43. The van der Waals surface area contributed by atoms with Gasteiger partial charge in [-0.1, -0.05) is 38.3 Å². The van der Waals surface area contributed by atoms with Crippen molar-refractivity contribution in [1.82, 2.24) is 0 Å². The van der Waals surface area contributed by atoms with Gasteiger partial charge in [-0.2, -0.15) is 0 Å². The molecular weight excluding hydrogens is 348 g/mol. The summed E-state index contributed by atoms with van der Waals surface area (Å²) in [6.07, 6.45) is 13.0. The number of carbonyl (C=O) groups is 1. The van der Waals surface area contributed by atoms with E-state index in [0.717, 1.165) is 25.0 Å². The number of hydrogen-bond acceptors (Lipinski definition) is 2. The van der Waals surface area contributed by atoms with Gasteiger partial charge in [0.15, 0.2) is 0 Å². The van der Waals surface area contributed by atoms with E-state index in [9.17, 15) is 9.90 Å². The Labute approximate surface area is 169 Å². The van der Waals surface area contributed by atoms with Crippen LogP contribution in [0.2, 0.25) is 0 Å². The summed E-state index contributed by atoms with van der Waals surface area (Å²) in [5, 5.41) is 9.37. The number of rotatable bonds is 4. The van der Waals surface area contributed by atoms with Crippen molar-refractivity contribution >= 4 is 5.97 Å². The number of carboxylic acids is 1. The van der Waals surface area contributed by atoms with E-state index < -0.39 is 5.97 Å². The van der Waals surface area contributed by atoms with Gasteiger partial charge in [-0.3, -0.25) is 4.79 Å². The van der Waals surface area contributed by atoms with E-state index in [1.54, 1.807) is 7.11 Å². The zero-order chi connectivity index (χ0) is 19.7. The van der Waals surface area contributed by atoms with Crippen LogP contribution in [0.3, 0.4) is 0 Å². The van der Waals surface area contributed by atoms with E-state index in [2.05, 4.69) is 25.1 Å². The molecule has 0 aliphatic heterocycles. The molecule has 1 aromatic carbocycles. The molecule has 0 spiro atoms. The number of hydrogen-bond donors (Lipinski definition) is 1. The highest BCUT2D eigenvalue weighted by molar-refractivity contribution is 5.70. The third-order valence-corrected chi connectivity index (χ3v) is 8.26. The highest BCUT2D eigenvalue weighted by Gasteiger charge is 2.39. The first-order chi connectivity index (χ1) is 13.5. The van der Waals surface area contributed by atoms with E-state index in [-0.39, 0.29) is 11.3 Å². The molecule has 0 heterocycles. The molecule has 1 aromatic rings. The fourth-order valence-electron chi connectivity index (χ4n) is 6.47. The number of carboxylic acid groups (broad SMARTS) is 1. The average Bonchev–Trinajstić information content (AvgIpc) is 2.73. The van der Waals surface area contributed by atoms with Gasteiger partial charge in [0.1, 0.15) is 5.75 Å². The third kappa shape index (κ3) is 3.82. The second kappa shape index (κ2) is 8.08. The SMILES string of the molecule is COc1ccc(C2CCC3CC(C(=O)O)CCC3C2)cc1C1(C)CCCCC1. The van der Waals surface area contributed by atoms with Crippen molar-refractivity contribution in [2.75, 3.05) is 7.11 Å². The lowest BCUT2D eigenvalue weighted by Crippen LogP contribution is -2.33. The first-order valence-electron chi connectivity index (χ1n) is 11.4. The van der Waals surface area contributed by atoms with Crippen LogP contribution in [-0.2, 0) is 10.2 Å². The predicted octanol–water partition coefficient (Wildman–Crippen LogP) is 6.30. The first-order valence-corrected chi connectivity index (χ1v) is 11.4. The molecule has 3 heteroatoms. The minimum Gasteiger partial charge on any atom is -0.496 e. The number of methoxy groups -OCH3 is 1. The maximum Gasteiger partial charge on any atom is 0.306 e. The fraction of sp³-hybridized carbons (Fsp3) is 0.720. The van der Waals surface area contributed by atoms with Crippen LogP contribution < -0.4 is 4.74 Å². The highest BCUT2D eigenvalue weighted by atomic mass is 16.5. The van der Waals surface area contributed by atoms with Gasteiger partial charge in [0.25, 0.3) is 0 Å². The lowest BCUT2D eigenvalue weighted by atomic mass is 9.63. The van der Waals surface area contributed by atoms with E-state index in [0.29, 0.717) is 17.8 Å². The first kappa shape index (κ1) is 19.8. The Morgan fingerprint density at radius 1 is 1.04 bits per heavy atom. The standard InChI is InChI=1S/C25H36O3/c1-25(12-4-3-5-13-25)22-16-20(10-11-23(22)28-2)18-6-7-19-15-21(24(26)27)9-8-17(19)14-18/h10-11,16-19,21H,3-9,12-15H2,1-2H3,(H,26,27). The molecule has 3 aliphatic carbocycles. The molecule has 3 fully saturated rings. The van der Waals surface area contributed by atoms with E-state index in [1.165, 1.54) is 62.5 Å². The molecule has 4 rings (SSSR count). The Balaban J connectivity index is 1.52. The molecule has 1 N–H and O–H groups in total. The minimum absolute atomic E-state index is 0.100. The van der Waals surface area contributed by atoms with Crippen molar-refractivity contribution in [3.05, 3.63) is 29.3 Å². The van der Waals surface area contributed by atoms with E-state index >= 15 is 0 Å². The van der Waals surface area contributed by atoms with Crippen LogP contribution in [0.5, 0.6) is 5.75 Å². The zero-order valence-corrected chi connectivity index (χ0v) is 17.6. The highest BCUT2D eigenvalue weighted by Crippen LogP contribution is 2.49. The van der Waals surface area contributed by atoms with Crippen LogP contribution in [0, 0.1) is 17.8 Å². The van der Waals surface area contributed by atoms with Crippen LogP contribution in [0.25, 0.3) is 0 Å². The molecule has 154 valence electrons. The summed E-state index contributed by atoms with van der Waals surface area (Å²) < 4.78 is 5.77. The number of ether oxygens (including phenoxy) is 1. The monoisotopic (exact) mass is 384 g/mol. The van der Waals surface area contributed by atoms with Crippen LogP contribution in [0.15, 0.2) is 18.2 Å². The second-order valence-corrected chi connectivity index (χ2v) is 9.96. The maximum absolute atomic E-state index is 11.4. The summed E-state index contributed by atoms with van der Waals surface area (Å²) in [4.78, 5) is 11.4. The third-order valence-electron chi connectivity index (χ3n) is 8.26. The van der Waals surface area contributed by atoms with Gasteiger partial charge >= 0.3 is 5.97 Å². The number of benzene rings is 1. The Morgan fingerprint density at radius 2 is 1.75 bits per heavy atom. The van der Waals surface area contributed by atoms with Crippen molar-refractivity contribution in [2.24, 2.45) is 17.8 Å². The van der Waals surface area contributed by atoms with Crippen LogP contribution in [-0.4, -0.2) is 18.2 Å². The number of fused-ring (bicyclic) bond motifs is 1. The lowest BCUT2D eigenvalue weighted by molar-refractivity contribution is -0.144. The summed E-state index contributed by atoms with van der Waals surface area (Å²) in [5.41, 5.74) is 3.15. The second-order valence-electron chi connectivity index (χ2n) is 9.96. The molecule has 3 aliphatic rings. The molecule has 4 unspecified atom stereocenters. The van der Waals surface area contributed by atoms with Crippen molar-refractivity contribution in [1.29, 1.82) is 0 Å². The predicted molar refractivity (Wildman–Crippen MR) is 112 cm³/mol. The molecule has 3 nitrogen and oxygen atoms in total. The summed E-state index contributed by atoms with van der Waals surface area (Å²) in [7, 11) is 1.80. The molecular formula is C25H36O3. The van der Waals surface area contributed by atoms with Crippen LogP contribution in [0.4, 0.5) is 0 Å². The Hall–Kier alpha value is -1.51. The van der Waals surface area contributed by atoms with Crippen LogP contribution >= 0.6 is 0 Å². The van der Waals surface area contributed by atoms with Gasteiger partial charge in [0.05, 0.1) is 13.0 Å². The smallest absolute Gasteiger partial charge is 0.306 e. The Bertz CT molecular complexity index is 704. The van der Waals surface area contributed by atoms with Gasteiger partial charge in [-0.15, -0.1) is 0 Å². The van der Waals surface area contributed by atoms with Crippen molar-refractivity contribution in [3.63, 3.8) is 0 Å². The molecule has 0 saturated heterocycles. The summed E-state index contributed by atoms with van der Waals surface area (Å²) >= 11 is 0. The molecule has 28 heavy (non-hydrogen) atoms. The molecule has 0 aromatic heterocycles. The lowest BCUT2D eigenvalue weighted by Gasteiger charge is -2.42. The number of aliphatic carboxylic acids is 1. The summed E-state index contributed by atoms with van der Waals surface area (Å²) in [6, 6.07) is 6.97. The molecule has 0 radical (unpaired) electrons. The Morgan fingerprint density at radius 3 is 2.46 bits per heavy atom. The van der Waals surface area contributed by atoms with Crippen molar-refractivity contribution in [2.45, 2.75) is 88.9 Å². The van der Waals surface area contributed by atoms with Gasteiger partial charge in [0, 0.05) is 5.56 Å². The quantitative estimate of drug-likeness (QED) is 0.662. The molecule has 4 atom stereocenters. The zero-order valence-electron chi connectivity index (χ0n) is 17.6. The van der Waals surface area contributed by atoms with Gasteiger partial charge in [-0.25, -0.2) is 0 Å². The normalized spacial score (nSPS) is 32.4. The minimum atomic E-state index is -0.582. The maximum atomic E-state index is 11.4.